The predicted octanol–water partition coefficient (Wildman–Crippen LogP) is 3.48. The number of carbonyl (C=O) groups is 1. The van der Waals surface area contributed by atoms with E-state index in [1.807, 2.05) is 39.0 Å². The molecule has 2 heteroatoms. The molecule has 0 saturated heterocycles. The van der Waals surface area contributed by atoms with E-state index < -0.39 is 0 Å². The van der Waals surface area contributed by atoms with Crippen LogP contribution in [0.4, 0.5) is 5.69 Å². The first kappa shape index (κ1) is 11.8. The molecule has 84 valence electrons. The highest BCUT2D eigenvalue weighted by Crippen LogP contribution is 2.23. The number of hydrogen-bond donors (Lipinski definition) is 1. The number of para-hydroxylation sites is 1. The highest BCUT2D eigenvalue weighted by Gasteiger charge is 2.18. The molecule has 1 aromatic rings. The van der Waals surface area contributed by atoms with Crippen molar-refractivity contribution in [2.24, 2.45) is 5.92 Å². The van der Waals surface area contributed by atoms with Crippen molar-refractivity contribution in [3.63, 3.8) is 0 Å². The minimum atomic E-state index is 0. The highest BCUT2D eigenvalue weighted by atomic mass is 16.1. The van der Waals surface area contributed by atoms with Gasteiger partial charge in [-0.15, -0.1) is 0 Å². The lowest BCUT2D eigenvalue weighted by atomic mass is 10.0. The third-order valence-corrected chi connectivity index (χ3v) is 2.57. The SMILES string of the molecule is CC.CC1CCc2ccccc2NC1=O.[HH]. The Morgan fingerprint density at radius 1 is 1.33 bits per heavy atom. The minimum absolute atomic E-state index is 0. The number of hydrogen-bond acceptors (Lipinski definition) is 1. The van der Waals surface area contributed by atoms with Crippen LogP contribution in [0.1, 0.15) is 34.2 Å². The van der Waals surface area contributed by atoms with E-state index in [-0.39, 0.29) is 13.3 Å². The molecule has 0 radical (unpaired) electrons. The van der Waals surface area contributed by atoms with Crippen LogP contribution >= 0.6 is 0 Å². The monoisotopic (exact) mass is 207 g/mol. The lowest BCUT2D eigenvalue weighted by Gasteiger charge is -2.06. The molecule has 1 aliphatic heterocycles. The Morgan fingerprint density at radius 3 is 2.73 bits per heavy atom. The average molecular weight is 207 g/mol. The number of benzene rings is 1. The zero-order chi connectivity index (χ0) is 11.3. The summed E-state index contributed by atoms with van der Waals surface area (Å²) < 4.78 is 0. The Bertz CT molecular complexity index is 338. The zero-order valence-corrected chi connectivity index (χ0v) is 9.71. The van der Waals surface area contributed by atoms with Crippen LogP contribution in [0, 0.1) is 5.92 Å². The molecule has 1 heterocycles. The predicted molar refractivity (Wildman–Crippen MR) is 66.0 cm³/mol. The molecule has 1 aromatic carbocycles. The van der Waals surface area contributed by atoms with E-state index >= 15 is 0 Å². The molecule has 1 amide bonds. The Balaban J connectivity index is 0.000000711. The van der Waals surface area contributed by atoms with Crippen molar-refractivity contribution in [3.8, 4) is 0 Å². The van der Waals surface area contributed by atoms with E-state index in [1.54, 1.807) is 0 Å². The van der Waals surface area contributed by atoms with Crippen LogP contribution < -0.4 is 5.32 Å². The van der Waals surface area contributed by atoms with Crippen LogP contribution in [-0.4, -0.2) is 5.91 Å². The smallest absolute Gasteiger partial charge is 0.227 e. The van der Waals surface area contributed by atoms with Crippen LogP contribution in [0.2, 0.25) is 0 Å². The lowest BCUT2D eigenvalue weighted by molar-refractivity contribution is -0.119. The van der Waals surface area contributed by atoms with Crippen molar-refractivity contribution in [2.45, 2.75) is 33.6 Å². The number of anilines is 1. The third kappa shape index (κ3) is 2.82. The molecule has 0 aliphatic carbocycles. The van der Waals surface area contributed by atoms with Gasteiger partial charge in [-0.2, -0.15) is 0 Å². The van der Waals surface area contributed by atoms with Gasteiger partial charge in [0, 0.05) is 13.0 Å². The molecule has 1 aliphatic rings. The van der Waals surface area contributed by atoms with Gasteiger partial charge in [0.2, 0.25) is 5.91 Å². The summed E-state index contributed by atoms with van der Waals surface area (Å²) in [6.45, 7) is 5.97. The molecule has 0 aromatic heterocycles. The van der Waals surface area contributed by atoms with Gasteiger partial charge in [0.05, 0.1) is 0 Å². The fourth-order valence-electron chi connectivity index (χ4n) is 1.62. The Kier molecular flexibility index (Phi) is 4.35. The fourth-order valence-corrected chi connectivity index (χ4v) is 1.62. The molecule has 0 saturated carbocycles. The summed E-state index contributed by atoms with van der Waals surface area (Å²) >= 11 is 0. The Hall–Kier alpha value is -1.31. The highest BCUT2D eigenvalue weighted by molar-refractivity contribution is 5.93. The first-order valence-corrected chi connectivity index (χ1v) is 5.66. The topological polar surface area (TPSA) is 29.1 Å². The molecular formula is C13H21NO. The van der Waals surface area contributed by atoms with Gasteiger partial charge in [0.25, 0.3) is 0 Å². The van der Waals surface area contributed by atoms with Crippen molar-refractivity contribution >= 4 is 11.6 Å². The minimum Gasteiger partial charge on any atom is -0.326 e. The largest absolute Gasteiger partial charge is 0.326 e. The van der Waals surface area contributed by atoms with Crippen molar-refractivity contribution < 1.29 is 6.22 Å². The number of aryl methyl sites for hydroxylation is 1. The second-order valence-electron chi connectivity index (χ2n) is 3.59. The normalized spacial score (nSPS) is 19.1. The van der Waals surface area contributed by atoms with Gasteiger partial charge in [0.15, 0.2) is 0 Å². The lowest BCUT2D eigenvalue weighted by Crippen LogP contribution is -2.18. The van der Waals surface area contributed by atoms with E-state index in [0.29, 0.717) is 0 Å². The summed E-state index contributed by atoms with van der Waals surface area (Å²) in [6.07, 6.45) is 1.94. The van der Waals surface area contributed by atoms with E-state index in [9.17, 15) is 4.79 Å². The maximum absolute atomic E-state index is 11.5. The van der Waals surface area contributed by atoms with Gasteiger partial charge < -0.3 is 5.32 Å². The first-order chi connectivity index (χ1) is 7.27. The van der Waals surface area contributed by atoms with Gasteiger partial charge in [0.1, 0.15) is 0 Å². The van der Waals surface area contributed by atoms with Crippen LogP contribution in [0.5, 0.6) is 0 Å². The van der Waals surface area contributed by atoms with Crippen molar-refractivity contribution in [1.82, 2.24) is 0 Å². The number of nitrogens with one attached hydrogen (secondary N) is 1. The molecule has 1 N–H and O–H groups in total. The van der Waals surface area contributed by atoms with Crippen molar-refractivity contribution in [3.05, 3.63) is 29.8 Å². The van der Waals surface area contributed by atoms with Gasteiger partial charge in [-0.1, -0.05) is 39.0 Å². The number of amides is 1. The molecule has 0 bridgehead atoms. The van der Waals surface area contributed by atoms with Crippen molar-refractivity contribution in [1.29, 1.82) is 0 Å². The first-order valence-electron chi connectivity index (χ1n) is 5.66. The quantitative estimate of drug-likeness (QED) is 0.693. The maximum Gasteiger partial charge on any atom is 0.227 e. The Labute approximate surface area is 93.2 Å². The fraction of sp³-hybridized carbons (Fsp3) is 0.462. The molecule has 1 atom stereocenters. The average Bonchev–Trinajstić information content (AvgIpc) is 2.43. The standard InChI is InChI=1S/C11H13NO.C2H6.H2/c1-8-6-7-9-4-2-3-5-10(9)12-11(8)13;1-2;/h2-5,8H,6-7H2,1H3,(H,12,13);1-2H3;1H. The van der Waals surface area contributed by atoms with Gasteiger partial charge in [-0.25, -0.2) is 0 Å². The van der Waals surface area contributed by atoms with Crippen LogP contribution in [0.25, 0.3) is 0 Å². The second-order valence-corrected chi connectivity index (χ2v) is 3.59. The van der Waals surface area contributed by atoms with Crippen LogP contribution in [0.15, 0.2) is 24.3 Å². The zero-order valence-electron chi connectivity index (χ0n) is 9.71. The van der Waals surface area contributed by atoms with E-state index in [2.05, 4.69) is 11.4 Å². The molecular weight excluding hydrogens is 186 g/mol. The summed E-state index contributed by atoms with van der Waals surface area (Å²) in [5.74, 6) is 0.275. The van der Waals surface area contributed by atoms with Gasteiger partial charge >= 0.3 is 0 Å². The summed E-state index contributed by atoms with van der Waals surface area (Å²) in [5.41, 5.74) is 2.23. The number of rotatable bonds is 0. The third-order valence-electron chi connectivity index (χ3n) is 2.57. The number of fused-ring (bicyclic) bond motifs is 1. The van der Waals surface area contributed by atoms with E-state index in [0.717, 1.165) is 18.5 Å². The second kappa shape index (κ2) is 5.54. The molecule has 0 fully saturated rings. The summed E-state index contributed by atoms with van der Waals surface area (Å²) in [6, 6.07) is 8.01. The molecule has 0 spiro atoms. The van der Waals surface area contributed by atoms with Crippen LogP contribution in [0.3, 0.4) is 0 Å². The van der Waals surface area contributed by atoms with E-state index in [1.165, 1.54) is 5.56 Å². The summed E-state index contributed by atoms with van der Waals surface area (Å²) in [4.78, 5) is 11.5. The van der Waals surface area contributed by atoms with Gasteiger partial charge in [-0.05, 0) is 24.5 Å². The summed E-state index contributed by atoms with van der Waals surface area (Å²) in [7, 11) is 0. The molecule has 2 nitrogen and oxygen atoms in total. The van der Waals surface area contributed by atoms with Crippen molar-refractivity contribution in [2.75, 3.05) is 5.32 Å². The molecule has 15 heavy (non-hydrogen) atoms. The Morgan fingerprint density at radius 2 is 2.00 bits per heavy atom. The van der Waals surface area contributed by atoms with E-state index in [4.69, 9.17) is 0 Å². The van der Waals surface area contributed by atoms with Gasteiger partial charge in [-0.3, -0.25) is 4.79 Å². The molecule has 2 rings (SSSR count). The maximum atomic E-state index is 11.5. The summed E-state index contributed by atoms with van der Waals surface area (Å²) in [5, 5.41) is 2.93. The number of carbonyl (C=O) groups excluding carboxylic acids is 1. The van der Waals surface area contributed by atoms with Crippen LogP contribution in [-0.2, 0) is 11.2 Å². The molecule has 1 unspecified atom stereocenters.